The quantitative estimate of drug-likeness (QED) is 0.555. The highest BCUT2D eigenvalue weighted by Crippen LogP contribution is 2.38. The van der Waals surface area contributed by atoms with Crippen molar-refractivity contribution in [2.45, 2.75) is 26.9 Å². The zero-order valence-electron chi connectivity index (χ0n) is 15.8. The minimum absolute atomic E-state index is 0.127. The molecular formula is C20H17ClF3N3O2. The molecule has 0 aliphatic rings. The Kier molecular flexibility index (Phi) is 5.57. The number of aromatic nitrogens is 2. The molecule has 2 aromatic carbocycles. The van der Waals surface area contributed by atoms with E-state index < -0.39 is 23.7 Å². The highest BCUT2D eigenvalue weighted by molar-refractivity contribution is 6.30. The molecule has 9 heteroatoms. The van der Waals surface area contributed by atoms with Crippen LogP contribution in [0.2, 0.25) is 5.02 Å². The van der Waals surface area contributed by atoms with E-state index in [1.807, 2.05) is 19.1 Å². The Morgan fingerprint density at radius 3 is 2.24 bits per heavy atom. The molecule has 0 saturated carbocycles. The predicted octanol–water partition coefficient (Wildman–Crippen LogP) is 6.08. The van der Waals surface area contributed by atoms with Crippen molar-refractivity contribution in [1.29, 1.82) is 0 Å². The Balaban J connectivity index is 1.91. The van der Waals surface area contributed by atoms with Crippen molar-refractivity contribution in [1.82, 2.24) is 9.78 Å². The van der Waals surface area contributed by atoms with Gasteiger partial charge in [0.05, 0.1) is 11.9 Å². The Bertz CT molecular complexity index is 1040. The second kappa shape index (κ2) is 7.79. The van der Waals surface area contributed by atoms with E-state index in [4.69, 9.17) is 16.3 Å². The lowest BCUT2D eigenvalue weighted by molar-refractivity contribution is -0.143. The van der Waals surface area contributed by atoms with Crippen LogP contribution in [0, 0.1) is 20.8 Å². The number of nitrogens with one attached hydrogen (secondary N) is 1. The third kappa shape index (κ3) is 4.54. The van der Waals surface area contributed by atoms with Crippen LogP contribution in [0.4, 0.5) is 23.7 Å². The van der Waals surface area contributed by atoms with E-state index in [2.05, 4.69) is 10.4 Å². The summed E-state index contributed by atoms with van der Waals surface area (Å²) in [6, 6.07) is 9.34. The number of rotatable bonds is 3. The van der Waals surface area contributed by atoms with E-state index in [1.54, 1.807) is 13.8 Å². The minimum atomic E-state index is -4.80. The monoisotopic (exact) mass is 423 g/mol. The summed E-state index contributed by atoms with van der Waals surface area (Å²) in [6.45, 7) is 5.48. The van der Waals surface area contributed by atoms with Crippen LogP contribution in [0.25, 0.3) is 5.69 Å². The summed E-state index contributed by atoms with van der Waals surface area (Å²) in [5.74, 6) is -0.702. The molecule has 0 saturated heterocycles. The maximum absolute atomic E-state index is 13.7. The summed E-state index contributed by atoms with van der Waals surface area (Å²) in [5, 5.41) is 6.61. The second-order valence-corrected chi connectivity index (χ2v) is 6.97. The summed E-state index contributed by atoms with van der Waals surface area (Å²) in [5.41, 5.74) is 1.95. The highest BCUT2D eigenvalue weighted by atomic mass is 35.5. The molecule has 0 radical (unpaired) electrons. The number of nitrogens with zero attached hydrogens (tertiary/aromatic N) is 2. The predicted molar refractivity (Wildman–Crippen MR) is 104 cm³/mol. The summed E-state index contributed by atoms with van der Waals surface area (Å²) in [6.07, 6.45) is -4.99. The molecule has 1 N–H and O–H groups in total. The normalized spacial score (nSPS) is 11.4. The molecule has 0 fully saturated rings. The van der Waals surface area contributed by atoms with Crippen LogP contribution in [0.5, 0.6) is 5.75 Å². The fourth-order valence-electron chi connectivity index (χ4n) is 3.05. The number of carbonyl (C=O) groups excluding carboxylic acids is 1. The molecule has 0 aliphatic heterocycles. The van der Waals surface area contributed by atoms with E-state index in [-0.39, 0.29) is 5.69 Å². The SMILES string of the molecule is Cc1cc(C)c(NC(=O)Oc2cnn(-c3ccc(Cl)cc3)c2C(F)(F)F)c(C)c1. The maximum atomic E-state index is 13.7. The lowest BCUT2D eigenvalue weighted by atomic mass is 10.1. The van der Waals surface area contributed by atoms with E-state index in [0.29, 0.717) is 15.4 Å². The van der Waals surface area contributed by atoms with Crippen LogP contribution in [0.1, 0.15) is 22.4 Å². The first-order valence-corrected chi connectivity index (χ1v) is 8.92. The number of amides is 1. The van der Waals surface area contributed by atoms with Gasteiger partial charge in [0.1, 0.15) is 0 Å². The molecule has 1 amide bonds. The number of hydrogen-bond donors (Lipinski definition) is 1. The second-order valence-electron chi connectivity index (χ2n) is 6.53. The Morgan fingerprint density at radius 1 is 1.10 bits per heavy atom. The molecule has 0 bridgehead atoms. The van der Waals surface area contributed by atoms with Crippen molar-refractivity contribution in [3.8, 4) is 11.4 Å². The molecule has 29 heavy (non-hydrogen) atoms. The maximum Gasteiger partial charge on any atom is 0.437 e. The third-order valence-corrected chi connectivity index (χ3v) is 4.43. The van der Waals surface area contributed by atoms with Crippen LogP contribution in [0.15, 0.2) is 42.6 Å². The van der Waals surface area contributed by atoms with Crippen molar-refractivity contribution < 1.29 is 22.7 Å². The van der Waals surface area contributed by atoms with Crippen molar-refractivity contribution in [3.63, 3.8) is 0 Å². The van der Waals surface area contributed by atoms with Crippen molar-refractivity contribution in [2.24, 2.45) is 0 Å². The first-order valence-electron chi connectivity index (χ1n) is 8.54. The lowest BCUT2D eigenvalue weighted by Gasteiger charge is -2.14. The van der Waals surface area contributed by atoms with E-state index in [1.165, 1.54) is 24.3 Å². The lowest BCUT2D eigenvalue weighted by Crippen LogP contribution is -2.21. The average molecular weight is 424 g/mol. The minimum Gasteiger partial charge on any atom is -0.406 e. The van der Waals surface area contributed by atoms with E-state index >= 15 is 0 Å². The fourth-order valence-corrected chi connectivity index (χ4v) is 3.18. The largest absolute Gasteiger partial charge is 0.437 e. The zero-order chi connectivity index (χ0) is 21.3. The van der Waals surface area contributed by atoms with Crippen LogP contribution in [-0.4, -0.2) is 15.9 Å². The van der Waals surface area contributed by atoms with Crippen LogP contribution in [-0.2, 0) is 6.18 Å². The van der Waals surface area contributed by atoms with Gasteiger partial charge in [0.25, 0.3) is 0 Å². The highest BCUT2D eigenvalue weighted by Gasteiger charge is 2.40. The van der Waals surface area contributed by atoms with Crippen LogP contribution < -0.4 is 10.1 Å². The molecule has 0 spiro atoms. The number of benzene rings is 2. The van der Waals surface area contributed by atoms with Crippen LogP contribution >= 0.6 is 11.6 Å². The van der Waals surface area contributed by atoms with Gasteiger partial charge in [0, 0.05) is 10.7 Å². The van der Waals surface area contributed by atoms with Crippen molar-refractivity contribution >= 4 is 23.4 Å². The number of halogens is 4. The van der Waals surface area contributed by atoms with Gasteiger partial charge in [-0.2, -0.15) is 18.3 Å². The van der Waals surface area contributed by atoms with Crippen LogP contribution in [0.3, 0.4) is 0 Å². The van der Waals surface area contributed by atoms with Gasteiger partial charge in [-0.25, -0.2) is 9.48 Å². The summed E-state index contributed by atoms with van der Waals surface area (Å²) in [7, 11) is 0. The molecule has 0 unspecified atom stereocenters. The number of anilines is 1. The van der Waals surface area contributed by atoms with Gasteiger partial charge >= 0.3 is 12.3 Å². The van der Waals surface area contributed by atoms with E-state index in [0.717, 1.165) is 22.9 Å². The Hall–Kier alpha value is -3.00. The van der Waals surface area contributed by atoms with Gasteiger partial charge in [-0.05, 0) is 56.2 Å². The molecule has 5 nitrogen and oxygen atoms in total. The number of alkyl halides is 3. The van der Waals surface area contributed by atoms with Gasteiger partial charge < -0.3 is 4.74 Å². The fraction of sp³-hybridized carbons (Fsp3) is 0.200. The zero-order valence-corrected chi connectivity index (χ0v) is 16.5. The number of hydrogen-bond acceptors (Lipinski definition) is 3. The molecule has 1 heterocycles. The smallest absolute Gasteiger partial charge is 0.406 e. The Labute approximate surface area is 170 Å². The van der Waals surface area contributed by atoms with Crippen molar-refractivity contribution in [3.05, 3.63) is 70.0 Å². The standard InChI is InChI=1S/C20H17ClF3N3O2/c1-11-8-12(2)17(13(3)9-11)26-19(28)29-16-10-25-27(18(16)20(22,23)24)15-6-4-14(21)5-7-15/h4-10H,1-3H3,(H,26,28). The number of carbonyl (C=O) groups is 1. The summed E-state index contributed by atoms with van der Waals surface area (Å²) in [4.78, 5) is 12.3. The van der Waals surface area contributed by atoms with Crippen molar-refractivity contribution in [2.75, 3.05) is 5.32 Å². The molecule has 152 valence electrons. The van der Waals surface area contributed by atoms with Gasteiger partial charge in [0.2, 0.25) is 0 Å². The van der Waals surface area contributed by atoms with Gasteiger partial charge in [-0.1, -0.05) is 29.3 Å². The Morgan fingerprint density at radius 2 is 1.69 bits per heavy atom. The molecule has 0 atom stereocenters. The number of aryl methyl sites for hydroxylation is 3. The summed E-state index contributed by atoms with van der Waals surface area (Å²) >= 11 is 5.79. The van der Waals surface area contributed by atoms with Gasteiger partial charge in [0.15, 0.2) is 11.4 Å². The number of ether oxygens (including phenoxy) is 1. The van der Waals surface area contributed by atoms with E-state index in [9.17, 15) is 18.0 Å². The molecular weight excluding hydrogens is 407 g/mol. The van der Waals surface area contributed by atoms with Gasteiger partial charge in [-0.15, -0.1) is 0 Å². The molecule has 0 aliphatic carbocycles. The molecule has 3 aromatic rings. The molecule has 1 aromatic heterocycles. The van der Waals surface area contributed by atoms with Gasteiger partial charge in [-0.3, -0.25) is 5.32 Å². The average Bonchev–Trinajstić information content (AvgIpc) is 3.02. The molecule has 3 rings (SSSR count). The topological polar surface area (TPSA) is 56.1 Å². The first kappa shape index (κ1) is 20.7. The summed E-state index contributed by atoms with van der Waals surface area (Å²) < 4.78 is 46.6. The third-order valence-electron chi connectivity index (χ3n) is 4.18. The first-order chi connectivity index (χ1) is 13.6.